The summed E-state index contributed by atoms with van der Waals surface area (Å²) < 4.78 is 5.74. The number of amides is 1. The minimum absolute atomic E-state index is 0.196. The Bertz CT molecular complexity index is 1360. The van der Waals surface area contributed by atoms with Crippen molar-refractivity contribution in [1.29, 1.82) is 0 Å². The summed E-state index contributed by atoms with van der Waals surface area (Å²) in [5.41, 5.74) is 7.73. The molecule has 36 heavy (non-hydrogen) atoms. The molecule has 7 heteroatoms. The van der Waals surface area contributed by atoms with Crippen molar-refractivity contribution in [2.45, 2.75) is 52.9 Å². The van der Waals surface area contributed by atoms with Crippen LogP contribution in [0, 0.1) is 13.8 Å². The van der Waals surface area contributed by atoms with E-state index in [9.17, 15) is 4.79 Å². The largest absolute Gasteiger partial charge is 0.444 e. The predicted molar refractivity (Wildman–Crippen MR) is 143 cm³/mol. The molecule has 3 aromatic heterocycles. The summed E-state index contributed by atoms with van der Waals surface area (Å²) in [5, 5.41) is 4.12. The van der Waals surface area contributed by atoms with Crippen LogP contribution in [0.5, 0.6) is 0 Å². The molecule has 5 rings (SSSR count). The lowest BCUT2D eigenvalue weighted by atomic mass is 9.95. The molecule has 1 aliphatic heterocycles. The molecule has 188 valence electrons. The Hall–Kier alpha value is -3.45. The molecule has 1 saturated heterocycles. The van der Waals surface area contributed by atoms with Crippen LogP contribution in [-0.4, -0.2) is 51.9 Å². The minimum Gasteiger partial charge on any atom is -0.444 e. The maximum atomic E-state index is 12.6. The van der Waals surface area contributed by atoms with Gasteiger partial charge in [0.05, 0.1) is 5.69 Å². The molecule has 1 fully saturated rings. The summed E-state index contributed by atoms with van der Waals surface area (Å²) in [6.07, 6.45) is 5.24. The third kappa shape index (κ3) is 5.07. The van der Waals surface area contributed by atoms with Gasteiger partial charge in [-0.1, -0.05) is 20.3 Å². The van der Waals surface area contributed by atoms with Crippen LogP contribution in [0.25, 0.3) is 33.6 Å². The highest BCUT2D eigenvalue weighted by Gasteiger charge is 2.19. The highest BCUT2D eigenvalue weighted by molar-refractivity contribution is 5.95. The third-order valence-electron chi connectivity index (χ3n) is 6.93. The number of benzene rings is 1. The minimum atomic E-state index is -0.196. The van der Waals surface area contributed by atoms with Gasteiger partial charge in [-0.25, -0.2) is 4.98 Å². The van der Waals surface area contributed by atoms with E-state index in [4.69, 9.17) is 4.42 Å². The first kappa shape index (κ1) is 24.3. The van der Waals surface area contributed by atoms with Crippen molar-refractivity contribution in [3.8, 4) is 22.7 Å². The van der Waals surface area contributed by atoms with Crippen molar-refractivity contribution in [3.05, 3.63) is 59.2 Å². The van der Waals surface area contributed by atoms with Gasteiger partial charge in [0, 0.05) is 46.5 Å². The number of pyridine rings is 1. The Labute approximate surface area is 212 Å². The molecular formula is C29H35N5O2. The Balaban J connectivity index is 1.38. The molecular weight excluding hydrogens is 450 g/mol. The van der Waals surface area contributed by atoms with E-state index in [0.717, 1.165) is 58.7 Å². The number of likely N-dealkylation sites (tertiary alicyclic amines) is 1. The lowest BCUT2D eigenvalue weighted by molar-refractivity contribution is 0.0941. The van der Waals surface area contributed by atoms with E-state index >= 15 is 0 Å². The second-order valence-corrected chi connectivity index (χ2v) is 10.2. The zero-order valence-corrected chi connectivity index (χ0v) is 21.6. The van der Waals surface area contributed by atoms with Gasteiger partial charge in [-0.2, -0.15) is 0 Å². The second kappa shape index (κ2) is 10.3. The Morgan fingerprint density at radius 2 is 1.81 bits per heavy atom. The number of carbonyl (C=O) groups is 1. The number of aromatic nitrogens is 3. The number of rotatable bonds is 7. The van der Waals surface area contributed by atoms with E-state index in [1.807, 2.05) is 19.9 Å². The number of aryl methyl sites for hydroxylation is 2. The standard InChI is InChI=1S/C29H35N5O2/c1-18(2)26-23-16-21(8-9-24(23)32-27(26)22-14-19(3)31-20(4)15-22)29-33-25(17-36-29)28(35)30-10-13-34-11-6-5-7-12-34/h8-9,14-18,32H,5-7,10-13H2,1-4H3,(H,30,35). The van der Waals surface area contributed by atoms with Crippen LogP contribution < -0.4 is 5.32 Å². The van der Waals surface area contributed by atoms with Gasteiger partial charge in [0.25, 0.3) is 5.91 Å². The number of nitrogens with one attached hydrogen (secondary N) is 2. The average Bonchev–Trinajstić information content (AvgIpc) is 3.49. The maximum absolute atomic E-state index is 12.6. The number of aromatic amines is 1. The molecule has 2 N–H and O–H groups in total. The highest BCUT2D eigenvalue weighted by atomic mass is 16.3. The second-order valence-electron chi connectivity index (χ2n) is 10.2. The number of fused-ring (bicyclic) bond motifs is 1. The summed E-state index contributed by atoms with van der Waals surface area (Å²) in [6.45, 7) is 12.2. The fraction of sp³-hybridized carbons (Fsp3) is 0.414. The lowest BCUT2D eigenvalue weighted by Gasteiger charge is -2.26. The maximum Gasteiger partial charge on any atom is 0.273 e. The predicted octanol–water partition coefficient (Wildman–Crippen LogP) is 5.84. The zero-order valence-electron chi connectivity index (χ0n) is 21.6. The van der Waals surface area contributed by atoms with Crippen LogP contribution in [0.2, 0.25) is 0 Å². The van der Waals surface area contributed by atoms with E-state index in [1.54, 1.807) is 0 Å². The first-order valence-electron chi connectivity index (χ1n) is 13.0. The third-order valence-corrected chi connectivity index (χ3v) is 6.93. The first-order valence-corrected chi connectivity index (χ1v) is 13.0. The Kier molecular flexibility index (Phi) is 6.92. The van der Waals surface area contributed by atoms with Gasteiger partial charge >= 0.3 is 0 Å². The topological polar surface area (TPSA) is 87.0 Å². The van der Waals surface area contributed by atoms with Gasteiger partial charge < -0.3 is 19.6 Å². The van der Waals surface area contributed by atoms with Crippen LogP contribution in [0.15, 0.2) is 41.0 Å². The van der Waals surface area contributed by atoms with Crippen LogP contribution in [0.1, 0.15) is 66.5 Å². The number of nitrogens with zero attached hydrogens (tertiary/aromatic N) is 3. The van der Waals surface area contributed by atoms with Gasteiger partial charge in [0.2, 0.25) is 5.89 Å². The molecule has 1 aromatic carbocycles. The van der Waals surface area contributed by atoms with Gasteiger partial charge in [0.15, 0.2) is 5.69 Å². The number of hydrogen-bond donors (Lipinski definition) is 2. The van der Waals surface area contributed by atoms with Crippen molar-refractivity contribution in [3.63, 3.8) is 0 Å². The van der Waals surface area contributed by atoms with Gasteiger partial charge in [-0.3, -0.25) is 9.78 Å². The Morgan fingerprint density at radius 3 is 2.53 bits per heavy atom. The molecule has 0 saturated carbocycles. The molecule has 4 aromatic rings. The van der Waals surface area contributed by atoms with Crippen LogP contribution in [-0.2, 0) is 0 Å². The van der Waals surface area contributed by atoms with Crippen molar-refractivity contribution in [2.75, 3.05) is 26.2 Å². The highest BCUT2D eigenvalue weighted by Crippen LogP contribution is 2.37. The number of oxazole rings is 1. The first-order chi connectivity index (χ1) is 17.4. The molecule has 0 bridgehead atoms. The van der Waals surface area contributed by atoms with Crippen molar-refractivity contribution in [2.24, 2.45) is 0 Å². The molecule has 0 atom stereocenters. The SMILES string of the molecule is Cc1cc(-c2[nH]c3ccc(-c4nc(C(=O)NCCN5CCCCC5)co4)cc3c2C(C)C)cc(C)n1. The normalized spacial score (nSPS) is 14.6. The summed E-state index contributed by atoms with van der Waals surface area (Å²) in [7, 11) is 0. The zero-order chi connectivity index (χ0) is 25.2. The van der Waals surface area contributed by atoms with Crippen LogP contribution in [0.4, 0.5) is 0 Å². The number of carbonyl (C=O) groups excluding carboxylic acids is 1. The van der Waals surface area contributed by atoms with E-state index in [-0.39, 0.29) is 5.91 Å². The molecule has 1 aliphatic rings. The summed E-state index contributed by atoms with van der Waals surface area (Å²) >= 11 is 0. The molecule has 4 heterocycles. The van der Waals surface area contributed by atoms with Gasteiger partial charge in [0.1, 0.15) is 6.26 Å². The summed E-state index contributed by atoms with van der Waals surface area (Å²) in [5.74, 6) is 0.563. The summed E-state index contributed by atoms with van der Waals surface area (Å²) in [4.78, 5) is 27.7. The Morgan fingerprint density at radius 1 is 1.06 bits per heavy atom. The summed E-state index contributed by atoms with van der Waals surface area (Å²) in [6, 6.07) is 10.4. The molecule has 7 nitrogen and oxygen atoms in total. The van der Waals surface area contributed by atoms with Crippen molar-refractivity contribution >= 4 is 16.8 Å². The van der Waals surface area contributed by atoms with E-state index in [0.29, 0.717) is 24.0 Å². The van der Waals surface area contributed by atoms with E-state index in [2.05, 4.69) is 63.3 Å². The number of H-pyrrole nitrogens is 1. The van der Waals surface area contributed by atoms with E-state index < -0.39 is 0 Å². The quantitative estimate of drug-likeness (QED) is 0.343. The fourth-order valence-electron chi connectivity index (χ4n) is 5.26. The average molecular weight is 486 g/mol. The number of piperidine rings is 1. The smallest absolute Gasteiger partial charge is 0.273 e. The molecule has 0 unspecified atom stereocenters. The van der Waals surface area contributed by atoms with Gasteiger partial charge in [-0.15, -0.1) is 0 Å². The van der Waals surface area contributed by atoms with Crippen molar-refractivity contribution in [1.82, 2.24) is 25.2 Å². The van der Waals surface area contributed by atoms with Crippen molar-refractivity contribution < 1.29 is 9.21 Å². The molecule has 0 radical (unpaired) electrons. The number of hydrogen-bond acceptors (Lipinski definition) is 5. The lowest BCUT2D eigenvalue weighted by Crippen LogP contribution is -2.37. The monoisotopic (exact) mass is 485 g/mol. The van der Waals surface area contributed by atoms with Crippen LogP contribution in [0.3, 0.4) is 0 Å². The molecule has 0 aliphatic carbocycles. The van der Waals surface area contributed by atoms with Gasteiger partial charge in [-0.05, 0) is 81.6 Å². The molecule has 1 amide bonds. The fourth-order valence-corrected chi connectivity index (χ4v) is 5.26. The molecule has 0 spiro atoms. The van der Waals surface area contributed by atoms with E-state index in [1.165, 1.54) is 31.1 Å². The van der Waals surface area contributed by atoms with Crippen LogP contribution >= 0.6 is 0 Å².